The van der Waals surface area contributed by atoms with Crippen LogP contribution in [0.25, 0.3) is 17.9 Å². The van der Waals surface area contributed by atoms with Crippen molar-refractivity contribution >= 4 is 17.9 Å². The second-order valence-corrected chi connectivity index (χ2v) is 5.31. The molecule has 22 heavy (non-hydrogen) atoms. The first-order valence-corrected chi connectivity index (χ1v) is 7.16. The SMILES string of the molecule is O=c1[nH]c2nc3c(nn2/c1=C\c1ccc(F)cc1)CCCC=3. The number of aryl methyl sites for hydroxylation is 1. The molecule has 4 rings (SSSR count). The number of aromatic amines is 1. The normalized spacial score (nSPS) is 14.9. The maximum absolute atomic E-state index is 13.0. The van der Waals surface area contributed by atoms with E-state index in [9.17, 15) is 9.18 Å². The van der Waals surface area contributed by atoms with Gasteiger partial charge >= 0.3 is 0 Å². The maximum atomic E-state index is 13.0. The van der Waals surface area contributed by atoms with Gasteiger partial charge in [-0.1, -0.05) is 18.2 Å². The van der Waals surface area contributed by atoms with Crippen LogP contribution in [0.3, 0.4) is 0 Å². The predicted molar refractivity (Wildman–Crippen MR) is 80.2 cm³/mol. The molecule has 0 fully saturated rings. The molecule has 0 saturated heterocycles. The number of aromatic nitrogens is 4. The number of halogens is 1. The van der Waals surface area contributed by atoms with Crippen LogP contribution in [0.15, 0.2) is 29.1 Å². The van der Waals surface area contributed by atoms with Crippen molar-refractivity contribution in [2.75, 3.05) is 0 Å². The number of nitrogens with one attached hydrogen (secondary N) is 1. The summed E-state index contributed by atoms with van der Waals surface area (Å²) in [4.78, 5) is 19.3. The zero-order chi connectivity index (χ0) is 15.1. The van der Waals surface area contributed by atoms with Crippen LogP contribution in [0.4, 0.5) is 4.39 Å². The molecule has 110 valence electrons. The van der Waals surface area contributed by atoms with E-state index in [2.05, 4.69) is 15.1 Å². The van der Waals surface area contributed by atoms with E-state index >= 15 is 0 Å². The first kappa shape index (κ1) is 12.9. The Bertz CT molecular complexity index is 1030. The summed E-state index contributed by atoms with van der Waals surface area (Å²) in [6.07, 6.45) is 6.60. The molecule has 6 heteroatoms. The lowest BCUT2D eigenvalue weighted by molar-refractivity contribution is 0.627. The fourth-order valence-electron chi connectivity index (χ4n) is 2.65. The van der Waals surface area contributed by atoms with Crippen molar-refractivity contribution in [2.45, 2.75) is 19.3 Å². The molecule has 0 unspecified atom stereocenters. The van der Waals surface area contributed by atoms with E-state index in [0.29, 0.717) is 11.1 Å². The first-order chi connectivity index (χ1) is 10.7. The number of H-pyrrole nitrogens is 1. The number of imidazole rings is 1. The number of hydrogen-bond donors (Lipinski definition) is 1. The predicted octanol–water partition coefficient (Wildman–Crippen LogP) is 0.502. The molecule has 1 aliphatic carbocycles. The Kier molecular flexibility index (Phi) is 2.89. The van der Waals surface area contributed by atoms with Crippen LogP contribution < -0.4 is 16.3 Å². The molecule has 0 amide bonds. The minimum atomic E-state index is -0.310. The lowest BCUT2D eigenvalue weighted by Gasteiger charge is -2.06. The van der Waals surface area contributed by atoms with Gasteiger partial charge in [0.1, 0.15) is 11.2 Å². The topological polar surface area (TPSA) is 63.0 Å². The molecule has 0 saturated carbocycles. The van der Waals surface area contributed by atoms with Crippen LogP contribution in [0.1, 0.15) is 24.1 Å². The summed E-state index contributed by atoms with van der Waals surface area (Å²) in [6.45, 7) is 0. The molecule has 0 bridgehead atoms. The van der Waals surface area contributed by atoms with Gasteiger partial charge in [-0.15, -0.1) is 0 Å². The first-order valence-electron chi connectivity index (χ1n) is 7.16. The number of benzene rings is 1. The van der Waals surface area contributed by atoms with E-state index in [-0.39, 0.29) is 11.4 Å². The van der Waals surface area contributed by atoms with Crippen LogP contribution in [-0.4, -0.2) is 19.6 Å². The molecular formula is C16H13FN4O. The zero-order valence-corrected chi connectivity index (χ0v) is 11.7. The van der Waals surface area contributed by atoms with Gasteiger partial charge in [0.25, 0.3) is 5.56 Å². The van der Waals surface area contributed by atoms with Crippen LogP contribution in [0.5, 0.6) is 0 Å². The molecule has 1 N–H and O–H groups in total. The van der Waals surface area contributed by atoms with Crippen molar-refractivity contribution in [3.63, 3.8) is 0 Å². The molecule has 3 aromatic rings. The molecule has 5 nitrogen and oxygen atoms in total. The molecule has 2 heterocycles. The van der Waals surface area contributed by atoms with Crippen LogP contribution in [0.2, 0.25) is 0 Å². The molecule has 1 aromatic carbocycles. The fraction of sp³-hybridized carbons (Fsp3) is 0.188. The molecule has 2 aromatic heterocycles. The van der Waals surface area contributed by atoms with E-state index < -0.39 is 0 Å². The zero-order valence-electron chi connectivity index (χ0n) is 11.7. The van der Waals surface area contributed by atoms with E-state index in [1.165, 1.54) is 16.6 Å². The summed E-state index contributed by atoms with van der Waals surface area (Å²) in [5.41, 5.74) is 1.38. The average molecular weight is 296 g/mol. The summed E-state index contributed by atoms with van der Waals surface area (Å²) in [5.74, 6) is 0.116. The van der Waals surface area contributed by atoms with Crippen LogP contribution in [0, 0.1) is 5.82 Å². The highest BCUT2D eigenvalue weighted by Crippen LogP contribution is 2.04. The van der Waals surface area contributed by atoms with Gasteiger partial charge in [0.15, 0.2) is 0 Å². The number of nitrogens with zero attached hydrogens (tertiary/aromatic N) is 3. The van der Waals surface area contributed by atoms with Gasteiger partial charge in [-0.3, -0.25) is 9.78 Å². The Hall–Kier alpha value is -2.76. The van der Waals surface area contributed by atoms with Gasteiger partial charge in [-0.2, -0.15) is 9.61 Å². The molecule has 0 spiro atoms. The maximum Gasteiger partial charge on any atom is 0.276 e. The van der Waals surface area contributed by atoms with Gasteiger partial charge in [0, 0.05) is 0 Å². The van der Waals surface area contributed by atoms with Crippen molar-refractivity contribution in [2.24, 2.45) is 0 Å². The number of rotatable bonds is 1. The highest BCUT2D eigenvalue weighted by atomic mass is 19.1. The minimum absolute atomic E-state index is 0.258. The van der Waals surface area contributed by atoms with Crippen molar-refractivity contribution in [3.05, 3.63) is 62.4 Å². The van der Waals surface area contributed by atoms with Gasteiger partial charge in [-0.25, -0.2) is 9.37 Å². The Balaban J connectivity index is 2.00. The Morgan fingerprint density at radius 2 is 2.09 bits per heavy atom. The lowest BCUT2D eigenvalue weighted by atomic mass is 10.1. The average Bonchev–Trinajstić information content (AvgIpc) is 2.82. The third-order valence-electron chi connectivity index (χ3n) is 3.76. The standard InChI is InChI=1S/C16H13FN4O/c17-11-7-5-10(6-8-11)9-14-15(22)19-16-18-12-3-1-2-4-13(12)20-21(14)16/h3,5-9H,1-2,4H2,(H,18,19,22)/b14-9-. The van der Waals surface area contributed by atoms with Gasteiger partial charge < -0.3 is 0 Å². The third kappa shape index (κ3) is 2.13. The summed E-state index contributed by atoms with van der Waals surface area (Å²) in [5, 5.41) is 5.78. The monoisotopic (exact) mass is 296 g/mol. The minimum Gasteiger partial charge on any atom is -0.289 e. The quantitative estimate of drug-likeness (QED) is 0.711. The fourth-order valence-corrected chi connectivity index (χ4v) is 2.65. The second-order valence-electron chi connectivity index (χ2n) is 5.31. The highest BCUT2D eigenvalue weighted by molar-refractivity contribution is 5.49. The van der Waals surface area contributed by atoms with Crippen LogP contribution >= 0.6 is 0 Å². The van der Waals surface area contributed by atoms with Crippen molar-refractivity contribution in [1.29, 1.82) is 0 Å². The molecule has 1 aliphatic rings. The smallest absolute Gasteiger partial charge is 0.276 e. The largest absolute Gasteiger partial charge is 0.289 e. The Morgan fingerprint density at radius 1 is 1.27 bits per heavy atom. The number of hydrogen-bond acceptors (Lipinski definition) is 3. The molecule has 0 radical (unpaired) electrons. The summed E-state index contributed by atoms with van der Waals surface area (Å²) >= 11 is 0. The molecular weight excluding hydrogens is 283 g/mol. The third-order valence-corrected chi connectivity index (χ3v) is 3.76. The van der Waals surface area contributed by atoms with E-state index in [4.69, 9.17) is 0 Å². The van der Waals surface area contributed by atoms with Crippen molar-refractivity contribution in [3.8, 4) is 0 Å². The van der Waals surface area contributed by atoms with Gasteiger partial charge in [0.2, 0.25) is 5.78 Å². The summed E-state index contributed by atoms with van der Waals surface area (Å²) < 4.78 is 14.5. The Labute approximate surface area is 124 Å². The van der Waals surface area contributed by atoms with Crippen molar-refractivity contribution < 1.29 is 4.39 Å². The van der Waals surface area contributed by atoms with E-state index in [1.54, 1.807) is 18.2 Å². The molecule has 0 aliphatic heterocycles. The summed E-state index contributed by atoms with van der Waals surface area (Å²) in [6, 6.07) is 5.96. The second kappa shape index (κ2) is 4.91. The Morgan fingerprint density at radius 3 is 2.91 bits per heavy atom. The van der Waals surface area contributed by atoms with Gasteiger partial charge in [-0.05, 0) is 43.0 Å². The van der Waals surface area contributed by atoms with E-state index in [0.717, 1.165) is 35.9 Å². The van der Waals surface area contributed by atoms with Crippen LogP contribution in [-0.2, 0) is 6.42 Å². The van der Waals surface area contributed by atoms with Gasteiger partial charge in [0.05, 0.1) is 11.0 Å². The highest BCUT2D eigenvalue weighted by Gasteiger charge is 2.10. The van der Waals surface area contributed by atoms with E-state index in [1.807, 2.05) is 6.08 Å². The summed E-state index contributed by atoms with van der Waals surface area (Å²) in [7, 11) is 0. The van der Waals surface area contributed by atoms with Crippen molar-refractivity contribution in [1.82, 2.24) is 19.6 Å². The lowest BCUT2D eigenvalue weighted by Crippen LogP contribution is -2.30. The number of fused-ring (bicyclic) bond motifs is 2. The molecule has 0 atom stereocenters.